The summed E-state index contributed by atoms with van der Waals surface area (Å²) in [6, 6.07) is 4.79. The van der Waals surface area contributed by atoms with Crippen LogP contribution in [0.4, 0.5) is 14.5 Å². The van der Waals surface area contributed by atoms with Crippen molar-refractivity contribution in [1.82, 2.24) is 10.0 Å². The molecule has 174 valence electrons. The lowest BCUT2D eigenvalue weighted by Gasteiger charge is -2.11. The third-order valence-corrected chi connectivity index (χ3v) is 5.80. The Kier molecular flexibility index (Phi) is 8.43. The number of sulfonamides is 1. The van der Waals surface area contributed by atoms with Gasteiger partial charge < -0.3 is 14.8 Å². The molecule has 32 heavy (non-hydrogen) atoms. The Hall–Kier alpha value is -3.32. The van der Waals surface area contributed by atoms with Crippen LogP contribution in [0.1, 0.15) is 12.0 Å². The van der Waals surface area contributed by atoms with E-state index in [2.05, 4.69) is 10.0 Å². The maximum atomic E-state index is 13.2. The number of nitro groups is 1. The van der Waals surface area contributed by atoms with Crippen molar-refractivity contribution >= 4 is 21.6 Å². The Labute approximate surface area is 182 Å². The Bertz CT molecular complexity index is 1110. The second-order valence-electron chi connectivity index (χ2n) is 6.42. The molecule has 0 atom stereocenters. The van der Waals surface area contributed by atoms with Gasteiger partial charge in [-0.3, -0.25) is 14.9 Å². The van der Waals surface area contributed by atoms with E-state index in [-0.39, 0.29) is 37.4 Å². The van der Waals surface area contributed by atoms with E-state index >= 15 is 0 Å². The summed E-state index contributed by atoms with van der Waals surface area (Å²) in [5.74, 6) is -2.51. The normalized spacial score (nSPS) is 11.1. The predicted molar refractivity (Wildman–Crippen MR) is 109 cm³/mol. The molecule has 0 bridgehead atoms. The molecule has 2 aromatic carbocycles. The first-order chi connectivity index (χ1) is 15.1. The summed E-state index contributed by atoms with van der Waals surface area (Å²) < 4.78 is 62.6. The highest BCUT2D eigenvalue weighted by molar-refractivity contribution is 7.89. The van der Waals surface area contributed by atoms with Gasteiger partial charge in [-0.1, -0.05) is 0 Å². The summed E-state index contributed by atoms with van der Waals surface area (Å²) in [6.45, 7) is -0.241. The van der Waals surface area contributed by atoms with E-state index in [0.717, 1.165) is 6.07 Å². The Morgan fingerprint density at radius 2 is 1.72 bits per heavy atom. The molecule has 13 heteroatoms. The summed E-state index contributed by atoms with van der Waals surface area (Å²) in [6.07, 6.45) is -0.125. The van der Waals surface area contributed by atoms with Crippen molar-refractivity contribution in [3.05, 3.63) is 57.6 Å². The lowest BCUT2D eigenvalue weighted by Crippen LogP contribution is -2.31. The van der Waals surface area contributed by atoms with Crippen molar-refractivity contribution < 1.29 is 36.4 Å². The fourth-order valence-corrected chi connectivity index (χ4v) is 3.78. The largest absolute Gasteiger partial charge is 0.493 e. The zero-order valence-corrected chi connectivity index (χ0v) is 18.0. The van der Waals surface area contributed by atoms with Gasteiger partial charge in [0.25, 0.3) is 5.69 Å². The molecule has 0 unspecified atom stereocenters. The van der Waals surface area contributed by atoms with E-state index in [4.69, 9.17) is 9.47 Å². The zero-order chi connectivity index (χ0) is 23.9. The summed E-state index contributed by atoms with van der Waals surface area (Å²) >= 11 is 0. The number of amides is 1. The molecule has 1 amide bonds. The molecule has 0 radical (unpaired) electrons. The van der Waals surface area contributed by atoms with Crippen LogP contribution in [0, 0.1) is 21.7 Å². The standard InChI is InChI=1S/C19H21F2N3O7S/c1-30-17-9-12(16(24(26)27)11-18(17)31-2)5-7-22-19(25)6-8-23-32(28,29)13-3-4-14(20)15(21)10-13/h3-4,9-11,23H,5-8H2,1-2H3,(H,22,25). The summed E-state index contributed by atoms with van der Waals surface area (Å²) in [7, 11) is -1.39. The number of halogens is 2. The molecule has 10 nitrogen and oxygen atoms in total. The van der Waals surface area contributed by atoms with E-state index in [1.54, 1.807) is 0 Å². The van der Waals surface area contributed by atoms with E-state index < -0.39 is 37.4 Å². The number of methoxy groups -OCH3 is 2. The number of nitro benzene ring substituents is 1. The number of hydrogen-bond acceptors (Lipinski definition) is 7. The molecular weight excluding hydrogens is 452 g/mol. The van der Waals surface area contributed by atoms with Crippen molar-refractivity contribution in [1.29, 1.82) is 0 Å². The van der Waals surface area contributed by atoms with Gasteiger partial charge in [0.1, 0.15) is 0 Å². The number of benzene rings is 2. The molecule has 0 fully saturated rings. The number of carbonyl (C=O) groups excluding carboxylic acids is 1. The van der Waals surface area contributed by atoms with Gasteiger partial charge in [0.15, 0.2) is 23.1 Å². The van der Waals surface area contributed by atoms with Gasteiger partial charge in [0, 0.05) is 25.1 Å². The zero-order valence-electron chi connectivity index (χ0n) is 17.2. The topological polar surface area (TPSA) is 137 Å². The highest BCUT2D eigenvalue weighted by Gasteiger charge is 2.20. The van der Waals surface area contributed by atoms with Crippen molar-refractivity contribution in [2.45, 2.75) is 17.7 Å². The first kappa shape index (κ1) is 24.9. The van der Waals surface area contributed by atoms with Crippen LogP contribution in [0.5, 0.6) is 11.5 Å². The first-order valence-electron chi connectivity index (χ1n) is 9.19. The van der Waals surface area contributed by atoms with Crippen LogP contribution in [0.2, 0.25) is 0 Å². The van der Waals surface area contributed by atoms with Crippen LogP contribution in [0.15, 0.2) is 35.2 Å². The van der Waals surface area contributed by atoms with E-state index in [9.17, 15) is 32.1 Å². The number of rotatable bonds is 11. The fourth-order valence-electron chi connectivity index (χ4n) is 2.73. The maximum absolute atomic E-state index is 13.2. The highest BCUT2D eigenvalue weighted by atomic mass is 32.2. The number of hydrogen-bond donors (Lipinski definition) is 2. The minimum Gasteiger partial charge on any atom is -0.493 e. The van der Waals surface area contributed by atoms with Gasteiger partial charge in [0.05, 0.1) is 30.1 Å². The molecule has 2 aromatic rings. The molecule has 2 N–H and O–H groups in total. The van der Waals surface area contributed by atoms with E-state index in [0.29, 0.717) is 23.4 Å². The third-order valence-electron chi connectivity index (χ3n) is 4.34. The van der Waals surface area contributed by atoms with Crippen molar-refractivity contribution in [3.63, 3.8) is 0 Å². The number of nitrogens with zero attached hydrogens (tertiary/aromatic N) is 1. The Balaban J connectivity index is 1.90. The molecule has 0 aliphatic heterocycles. The maximum Gasteiger partial charge on any atom is 0.276 e. The molecule has 0 aromatic heterocycles. The van der Waals surface area contributed by atoms with Crippen LogP contribution in [0.25, 0.3) is 0 Å². The van der Waals surface area contributed by atoms with Crippen LogP contribution in [0.3, 0.4) is 0 Å². The highest BCUT2D eigenvalue weighted by Crippen LogP contribution is 2.34. The van der Waals surface area contributed by atoms with Crippen molar-refractivity contribution in [2.24, 2.45) is 0 Å². The molecule has 0 aliphatic carbocycles. The minimum absolute atomic E-state index is 0.0467. The quantitative estimate of drug-likeness (QED) is 0.376. The Morgan fingerprint density at radius 1 is 1.06 bits per heavy atom. The van der Waals surface area contributed by atoms with E-state index in [1.807, 2.05) is 0 Å². The predicted octanol–water partition coefficient (Wildman–Crippen LogP) is 1.92. The third kappa shape index (κ3) is 6.34. The molecule has 2 rings (SSSR count). The van der Waals surface area contributed by atoms with E-state index in [1.165, 1.54) is 26.4 Å². The lowest BCUT2D eigenvalue weighted by molar-refractivity contribution is -0.385. The molecule has 0 saturated carbocycles. The molecule has 0 spiro atoms. The average molecular weight is 473 g/mol. The number of nitrogens with one attached hydrogen (secondary N) is 2. The number of ether oxygens (including phenoxy) is 2. The smallest absolute Gasteiger partial charge is 0.276 e. The van der Waals surface area contributed by atoms with Crippen molar-refractivity contribution in [3.8, 4) is 11.5 Å². The lowest BCUT2D eigenvalue weighted by atomic mass is 10.1. The Morgan fingerprint density at radius 3 is 2.31 bits per heavy atom. The molecule has 0 aliphatic rings. The van der Waals surface area contributed by atoms with Crippen LogP contribution < -0.4 is 19.5 Å². The summed E-state index contributed by atoms with van der Waals surface area (Å²) in [5.41, 5.74) is 0.114. The van der Waals surface area contributed by atoms with Gasteiger partial charge in [0.2, 0.25) is 15.9 Å². The SMILES string of the molecule is COc1cc(CCNC(=O)CCNS(=O)(=O)c2ccc(F)c(F)c2)c([N+](=O)[O-])cc1OC. The number of carbonyl (C=O) groups is 1. The van der Waals surface area contributed by atoms with Crippen LogP contribution in [-0.2, 0) is 21.2 Å². The molecule has 0 saturated heterocycles. The summed E-state index contributed by atoms with van der Waals surface area (Å²) in [5, 5.41) is 13.8. The van der Waals surface area contributed by atoms with Gasteiger partial charge >= 0.3 is 0 Å². The van der Waals surface area contributed by atoms with Crippen LogP contribution >= 0.6 is 0 Å². The molecular formula is C19H21F2N3O7S. The first-order valence-corrected chi connectivity index (χ1v) is 10.7. The summed E-state index contributed by atoms with van der Waals surface area (Å²) in [4.78, 5) is 22.2. The second-order valence-corrected chi connectivity index (χ2v) is 8.18. The fraction of sp³-hybridized carbons (Fsp3) is 0.316. The van der Waals surface area contributed by atoms with Crippen LogP contribution in [-0.4, -0.2) is 46.6 Å². The van der Waals surface area contributed by atoms with Gasteiger partial charge in [-0.15, -0.1) is 0 Å². The van der Waals surface area contributed by atoms with Crippen molar-refractivity contribution in [2.75, 3.05) is 27.3 Å². The monoisotopic (exact) mass is 473 g/mol. The average Bonchev–Trinajstić information content (AvgIpc) is 2.74. The van der Waals surface area contributed by atoms with Gasteiger partial charge in [-0.05, 0) is 30.7 Å². The minimum atomic E-state index is -4.13. The molecule has 0 heterocycles. The van der Waals surface area contributed by atoms with Gasteiger partial charge in [-0.25, -0.2) is 21.9 Å². The van der Waals surface area contributed by atoms with Gasteiger partial charge in [-0.2, -0.15) is 0 Å². The second kappa shape index (κ2) is 10.8.